The molecular weight excluding hydrogens is 506 g/mol. The van der Waals surface area contributed by atoms with Crippen molar-refractivity contribution in [1.29, 1.82) is 0 Å². The molecule has 0 fully saturated rings. The van der Waals surface area contributed by atoms with Crippen LogP contribution in [0.2, 0.25) is 0 Å². The van der Waals surface area contributed by atoms with Crippen molar-refractivity contribution >= 4 is 5.91 Å². The van der Waals surface area contributed by atoms with Crippen LogP contribution in [-0.4, -0.2) is 36.4 Å². The van der Waals surface area contributed by atoms with Crippen LogP contribution >= 0.6 is 0 Å². The second-order valence-corrected chi connectivity index (χ2v) is 13.5. The molecule has 0 aromatic heterocycles. The number of aliphatic hydroxyl groups excluding tert-OH is 1. The number of unbranched alkanes of at least 4 members (excludes halogenated alkanes) is 20. The van der Waals surface area contributed by atoms with Gasteiger partial charge in [0.1, 0.15) is 0 Å². The zero-order chi connectivity index (χ0) is 30.3. The molecule has 0 spiro atoms. The molecular formula is C37H75NO3. The van der Waals surface area contributed by atoms with Crippen molar-refractivity contribution in [2.24, 2.45) is 5.92 Å². The van der Waals surface area contributed by atoms with E-state index in [1.807, 2.05) is 13.8 Å². The number of hydrogen-bond acceptors (Lipinski definition) is 3. The predicted octanol–water partition coefficient (Wildman–Crippen LogP) is 11.1. The van der Waals surface area contributed by atoms with E-state index in [1.54, 1.807) is 0 Å². The lowest BCUT2D eigenvalue weighted by atomic mass is 9.91. The molecule has 4 heteroatoms. The van der Waals surface area contributed by atoms with Crippen LogP contribution in [0.5, 0.6) is 0 Å². The Hall–Kier alpha value is -0.610. The van der Waals surface area contributed by atoms with Gasteiger partial charge in [-0.05, 0) is 51.9 Å². The Morgan fingerprint density at radius 3 is 1.46 bits per heavy atom. The quantitative estimate of drug-likeness (QED) is 0.0758. The van der Waals surface area contributed by atoms with Crippen molar-refractivity contribution in [3.63, 3.8) is 0 Å². The molecule has 0 bridgehead atoms. The summed E-state index contributed by atoms with van der Waals surface area (Å²) in [7, 11) is 0. The smallest absolute Gasteiger partial charge is 0.220 e. The highest BCUT2D eigenvalue weighted by Gasteiger charge is 2.17. The summed E-state index contributed by atoms with van der Waals surface area (Å²) < 4.78 is 5.88. The van der Waals surface area contributed by atoms with E-state index in [-0.39, 0.29) is 18.1 Å². The molecule has 0 aromatic carbocycles. The lowest BCUT2D eigenvalue weighted by Crippen LogP contribution is -2.28. The number of nitrogens with one attached hydrogen (secondary N) is 1. The molecule has 246 valence electrons. The third kappa shape index (κ3) is 30.6. The van der Waals surface area contributed by atoms with Crippen molar-refractivity contribution in [3.05, 3.63) is 0 Å². The van der Waals surface area contributed by atoms with Crippen molar-refractivity contribution in [3.8, 4) is 0 Å². The highest BCUT2D eigenvalue weighted by atomic mass is 16.5. The zero-order valence-electron chi connectivity index (χ0n) is 28.6. The monoisotopic (exact) mass is 582 g/mol. The molecule has 0 aliphatic rings. The standard InChI is InChI=1S/C37H75NO3/c1-5-7-9-11-13-15-17-19-21-23-25-29-35(28-24-22-20-18-16-14-12-10-8-6-2)34-36(40)38-31-26-27-33-41-37(3,4)30-32-39/h35,39H,5-34H2,1-4H3,(H,38,40). The molecule has 0 saturated heterocycles. The summed E-state index contributed by atoms with van der Waals surface area (Å²) in [5.41, 5.74) is -0.270. The number of rotatable bonds is 33. The normalized spacial score (nSPS) is 12.6. The highest BCUT2D eigenvalue weighted by molar-refractivity contribution is 5.76. The number of carbonyl (C=O) groups is 1. The molecule has 4 nitrogen and oxygen atoms in total. The highest BCUT2D eigenvalue weighted by Crippen LogP contribution is 2.23. The van der Waals surface area contributed by atoms with Gasteiger partial charge in [0.15, 0.2) is 0 Å². The SMILES string of the molecule is CCCCCCCCCCCCCC(CCCCCCCCCCCC)CC(=O)NCCCCOC(C)(C)CCO. The fourth-order valence-electron chi connectivity index (χ4n) is 5.85. The van der Waals surface area contributed by atoms with Gasteiger partial charge in [0.25, 0.3) is 0 Å². The van der Waals surface area contributed by atoms with E-state index in [4.69, 9.17) is 9.84 Å². The lowest BCUT2D eigenvalue weighted by molar-refractivity contribution is -0.122. The summed E-state index contributed by atoms with van der Waals surface area (Å²) >= 11 is 0. The average Bonchev–Trinajstić information content (AvgIpc) is 2.94. The van der Waals surface area contributed by atoms with Crippen molar-refractivity contribution in [2.75, 3.05) is 19.8 Å². The fourth-order valence-corrected chi connectivity index (χ4v) is 5.85. The minimum Gasteiger partial charge on any atom is -0.396 e. The fraction of sp³-hybridized carbons (Fsp3) is 0.973. The Labute approximate surface area is 257 Å². The second kappa shape index (κ2) is 30.8. The van der Waals surface area contributed by atoms with Gasteiger partial charge >= 0.3 is 0 Å². The van der Waals surface area contributed by atoms with Gasteiger partial charge in [0, 0.05) is 26.2 Å². The van der Waals surface area contributed by atoms with Gasteiger partial charge in [-0.25, -0.2) is 0 Å². The van der Waals surface area contributed by atoms with Crippen LogP contribution < -0.4 is 5.32 Å². The Morgan fingerprint density at radius 1 is 0.634 bits per heavy atom. The van der Waals surface area contributed by atoms with Crippen LogP contribution in [0.3, 0.4) is 0 Å². The molecule has 1 amide bonds. The summed E-state index contributed by atoms with van der Waals surface area (Å²) in [6, 6.07) is 0. The molecule has 1 atom stereocenters. The zero-order valence-corrected chi connectivity index (χ0v) is 28.6. The molecule has 0 aliphatic carbocycles. The molecule has 1 unspecified atom stereocenters. The molecule has 0 heterocycles. The molecule has 0 radical (unpaired) electrons. The summed E-state index contributed by atoms with van der Waals surface area (Å²) in [5, 5.41) is 12.3. The minimum absolute atomic E-state index is 0.155. The third-order valence-corrected chi connectivity index (χ3v) is 8.76. The number of carbonyl (C=O) groups excluding carboxylic acids is 1. The molecule has 0 aromatic rings. The first-order valence-electron chi connectivity index (χ1n) is 18.5. The topological polar surface area (TPSA) is 58.6 Å². The van der Waals surface area contributed by atoms with Crippen molar-refractivity contribution in [1.82, 2.24) is 5.32 Å². The van der Waals surface area contributed by atoms with Gasteiger partial charge in [0.2, 0.25) is 5.91 Å². The van der Waals surface area contributed by atoms with Gasteiger partial charge in [-0.15, -0.1) is 0 Å². The first-order valence-corrected chi connectivity index (χ1v) is 18.5. The van der Waals surface area contributed by atoms with Crippen LogP contribution in [0.4, 0.5) is 0 Å². The van der Waals surface area contributed by atoms with Gasteiger partial charge < -0.3 is 15.2 Å². The Kier molecular flexibility index (Phi) is 30.4. The van der Waals surface area contributed by atoms with Gasteiger partial charge in [0.05, 0.1) is 5.60 Å². The number of hydrogen-bond donors (Lipinski definition) is 2. The van der Waals surface area contributed by atoms with Crippen LogP contribution in [0, 0.1) is 5.92 Å². The molecule has 41 heavy (non-hydrogen) atoms. The van der Waals surface area contributed by atoms with E-state index >= 15 is 0 Å². The predicted molar refractivity (Wildman–Crippen MR) is 180 cm³/mol. The minimum atomic E-state index is -0.270. The van der Waals surface area contributed by atoms with E-state index in [2.05, 4.69) is 19.2 Å². The summed E-state index contributed by atoms with van der Waals surface area (Å²) in [4.78, 5) is 12.7. The molecule has 2 N–H and O–H groups in total. The Balaban J connectivity index is 4.15. The van der Waals surface area contributed by atoms with E-state index in [9.17, 15) is 4.79 Å². The summed E-state index contributed by atoms with van der Waals surface area (Å²) in [5.74, 6) is 0.789. The molecule has 0 saturated carbocycles. The largest absolute Gasteiger partial charge is 0.396 e. The van der Waals surface area contributed by atoms with E-state index < -0.39 is 0 Å². The van der Waals surface area contributed by atoms with E-state index in [0.717, 1.165) is 19.4 Å². The third-order valence-electron chi connectivity index (χ3n) is 8.76. The molecule has 0 rings (SSSR count). The van der Waals surface area contributed by atoms with Crippen molar-refractivity contribution < 1.29 is 14.6 Å². The molecule has 0 aliphatic heterocycles. The summed E-state index contributed by atoms with van der Waals surface area (Å²) in [6.07, 6.45) is 34.6. The Morgan fingerprint density at radius 2 is 1.05 bits per heavy atom. The maximum absolute atomic E-state index is 12.7. The Bertz CT molecular complexity index is 536. The van der Waals surface area contributed by atoms with E-state index in [0.29, 0.717) is 25.4 Å². The van der Waals surface area contributed by atoms with Gasteiger partial charge in [-0.2, -0.15) is 0 Å². The van der Waals surface area contributed by atoms with Crippen LogP contribution in [0.15, 0.2) is 0 Å². The summed E-state index contributed by atoms with van der Waals surface area (Å²) in [6.45, 7) is 10.2. The van der Waals surface area contributed by atoms with Crippen molar-refractivity contribution in [2.45, 2.75) is 207 Å². The number of aliphatic hydroxyl groups is 1. The first-order chi connectivity index (χ1) is 19.9. The first kappa shape index (κ1) is 40.4. The van der Waals surface area contributed by atoms with Crippen LogP contribution in [0.1, 0.15) is 201 Å². The maximum atomic E-state index is 12.7. The number of amides is 1. The lowest BCUT2D eigenvalue weighted by Gasteiger charge is -2.24. The second-order valence-electron chi connectivity index (χ2n) is 13.5. The van der Waals surface area contributed by atoms with Crippen LogP contribution in [-0.2, 0) is 9.53 Å². The number of ether oxygens (including phenoxy) is 1. The maximum Gasteiger partial charge on any atom is 0.220 e. The van der Waals surface area contributed by atoms with Gasteiger partial charge in [-0.1, -0.05) is 149 Å². The van der Waals surface area contributed by atoms with E-state index in [1.165, 1.54) is 148 Å². The average molecular weight is 582 g/mol. The van der Waals surface area contributed by atoms with Gasteiger partial charge in [-0.3, -0.25) is 4.79 Å². The van der Waals surface area contributed by atoms with Crippen LogP contribution in [0.25, 0.3) is 0 Å².